The monoisotopic (exact) mass is 315 g/mol. The van der Waals surface area contributed by atoms with Crippen LogP contribution in [0.1, 0.15) is 6.92 Å². The van der Waals surface area contributed by atoms with Crippen LogP contribution in [-0.4, -0.2) is 47.0 Å². The largest absolute Gasteiger partial charge is 0.339 e. The van der Waals surface area contributed by atoms with E-state index in [2.05, 4.69) is 15.3 Å². The van der Waals surface area contributed by atoms with E-state index >= 15 is 0 Å². The van der Waals surface area contributed by atoms with Gasteiger partial charge in [0.2, 0.25) is 11.9 Å². The lowest BCUT2D eigenvalue weighted by atomic mass is 10.3. The number of benzene rings is 1. The van der Waals surface area contributed by atoms with Crippen molar-refractivity contribution in [2.75, 3.05) is 36.4 Å². The Morgan fingerprint density at radius 2 is 1.91 bits per heavy atom. The van der Waals surface area contributed by atoms with Gasteiger partial charge in [-0.1, -0.05) is 12.1 Å². The Balaban J connectivity index is 1.71. The molecular formula is C16H18FN5O. The first-order chi connectivity index (χ1) is 11.1. The number of carbonyl (C=O) groups is 1. The van der Waals surface area contributed by atoms with Crippen LogP contribution in [-0.2, 0) is 4.79 Å². The van der Waals surface area contributed by atoms with Crippen molar-refractivity contribution in [1.82, 2.24) is 14.9 Å². The van der Waals surface area contributed by atoms with Crippen LogP contribution in [0.15, 0.2) is 36.5 Å². The molecule has 0 unspecified atom stereocenters. The Kier molecular flexibility index (Phi) is 4.36. The Bertz CT molecular complexity index is 700. The molecule has 0 bridgehead atoms. The third-order valence-electron chi connectivity index (χ3n) is 3.79. The van der Waals surface area contributed by atoms with Gasteiger partial charge in [0.05, 0.1) is 5.69 Å². The van der Waals surface area contributed by atoms with E-state index in [4.69, 9.17) is 0 Å². The fourth-order valence-corrected chi connectivity index (χ4v) is 2.49. The Hall–Kier alpha value is -2.70. The lowest BCUT2D eigenvalue weighted by Crippen LogP contribution is -2.48. The summed E-state index contributed by atoms with van der Waals surface area (Å²) in [4.78, 5) is 23.9. The summed E-state index contributed by atoms with van der Waals surface area (Å²) in [5.74, 6) is 0.868. The lowest BCUT2D eigenvalue weighted by Gasteiger charge is -2.34. The molecule has 0 aliphatic carbocycles. The van der Waals surface area contributed by atoms with Crippen LogP contribution in [0.2, 0.25) is 0 Å². The fraction of sp³-hybridized carbons (Fsp3) is 0.312. The normalized spacial score (nSPS) is 14.7. The Morgan fingerprint density at radius 1 is 1.17 bits per heavy atom. The quantitative estimate of drug-likeness (QED) is 0.939. The predicted octanol–water partition coefficient (Wildman–Crippen LogP) is 2.03. The second-order valence-corrected chi connectivity index (χ2v) is 5.34. The molecule has 23 heavy (non-hydrogen) atoms. The number of amides is 1. The number of carbonyl (C=O) groups excluding carboxylic acids is 1. The molecule has 1 aliphatic heterocycles. The van der Waals surface area contributed by atoms with Gasteiger partial charge in [0, 0.05) is 39.3 Å². The number of hydrogen-bond acceptors (Lipinski definition) is 5. The minimum absolute atomic E-state index is 0.0838. The summed E-state index contributed by atoms with van der Waals surface area (Å²) in [5.41, 5.74) is 0.374. The van der Waals surface area contributed by atoms with E-state index in [0.29, 0.717) is 43.6 Å². The van der Waals surface area contributed by atoms with E-state index in [1.54, 1.807) is 42.3 Å². The number of nitrogens with zero attached hydrogens (tertiary/aromatic N) is 4. The first-order valence-corrected chi connectivity index (χ1v) is 7.48. The fourth-order valence-electron chi connectivity index (χ4n) is 2.49. The second kappa shape index (κ2) is 6.60. The summed E-state index contributed by atoms with van der Waals surface area (Å²) in [6, 6.07) is 8.14. The van der Waals surface area contributed by atoms with Crippen molar-refractivity contribution in [2.45, 2.75) is 6.92 Å². The molecule has 2 aromatic rings. The number of anilines is 3. The van der Waals surface area contributed by atoms with Gasteiger partial charge < -0.3 is 15.1 Å². The lowest BCUT2D eigenvalue weighted by molar-refractivity contribution is -0.129. The van der Waals surface area contributed by atoms with E-state index in [-0.39, 0.29) is 11.7 Å². The molecule has 1 saturated heterocycles. The zero-order valence-corrected chi connectivity index (χ0v) is 12.9. The predicted molar refractivity (Wildman–Crippen MR) is 86.2 cm³/mol. The first kappa shape index (κ1) is 15.2. The van der Waals surface area contributed by atoms with E-state index in [1.165, 1.54) is 6.07 Å². The average Bonchev–Trinajstić information content (AvgIpc) is 2.57. The highest BCUT2D eigenvalue weighted by atomic mass is 19.1. The van der Waals surface area contributed by atoms with Crippen molar-refractivity contribution in [3.8, 4) is 0 Å². The number of piperazine rings is 1. The molecule has 2 heterocycles. The zero-order valence-electron chi connectivity index (χ0n) is 12.9. The molecule has 0 radical (unpaired) electrons. The maximum Gasteiger partial charge on any atom is 0.227 e. The highest BCUT2D eigenvalue weighted by Gasteiger charge is 2.20. The van der Waals surface area contributed by atoms with Crippen LogP contribution in [0, 0.1) is 5.82 Å². The van der Waals surface area contributed by atoms with E-state index in [9.17, 15) is 9.18 Å². The van der Waals surface area contributed by atoms with Gasteiger partial charge in [-0.05, 0) is 18.2 Å². The number of aromatic nitrogens is 2. The molecule has 1 N–H and O–H groups in total. The van der Waals surface area contributed by atoms with E-state index < -0.39 is 0 Å². The van der Waals surface area contributed by atoms with Crippen LogP contribution in [0.4, 0.5) is 21.8 Å². The molecule has 0 spiro atoms. The molecular weight excluding hydrogens is 297 g/mol. The third-order valence-corrected chi connectivity index (χ3v) is 3.79. The molecule has 6 nitrogen and oxygen atoms in total. The summed E-state index contributed by atoms with van der Waals surface area (Å²) in [6.07, 6.45) is 1.64. The van der Waals surface area contributed by atoms with Crippen molar-refractivity contribution >= 4 is 23.4 Å². The highest BCUT2D eigenvalue weighted by molar-refractivity contribution is 5.73. The summed E-state index contributed by atoms with van der Waals surface area (Å²) in [5, 5.41) is 2.96. The minimum atomic E-state index is -0.331. The maximum absolute atomic E-state index is 13.7. The summed E-state index contributed by atoms with van der Waals surface area (Å²) >= 11 is 0. The van der Waals surface area contributed by atoms with Gasteiger partial charge in [0.1, 0.15) is 11.6 Å². The zero-order chi connectivity index (χ0) is 16.2. The van der Waals surface area contributed by atoms with Crippen molar-refractivity contribution in [2.24, 2.45) is 0 Å². The van der Waals surface area contributed by atoms with Gasteiger partial charge in [-0.3, -0.25) is 4.79 Å². The van der Waals surface area contributed by atoms with Gasteiger partial charge >= 0.3 is 0 Å². The molecule has 1 fully saturated rings. The van der Waals surface area contributed by atoms with Crippen molar-refractivity contribution in [3.05, 3.63) is 42.3 Å². The molecule has 120 valence electrons. The van der Waals surface area contributed by atoms with E-state index in [1.807, 2.05) is 4.90 Å². The van der Waals surface area contributed by atoms with Crippen molar-refractivity contribution in [1.29, 1.82) is 0 Å². The number of hydrogen-bond donors (Lipinski definition) is 1. The van der Waals surface area contributed by atoms with Crippen LogP contribution in [0.25, 0.3) is 0 Å². The van der Waals surface area contributed by atoms with Gasteiger partial charge in [-0.15, -0.1) is 0 Å². The summed E-state index contributed by atoms with van der Waals surface area (Å²) < 4.78 is 13.7. The van der Waals surface area contributed by atoms with Crippen LogP contribution < -0.4 is 10.2 Å². The Morgan fingerprint density at radius 3 is 2.61 bits per heavy atom. The number of para-hydroxylation sites is 1. The van der Waals surface area contributed by atoms with Crippen LogP contribution in [0.3, 0.4) is 0 Å². The number of halogens is 1. The topological polar surface area (TPSA) is 61.4 Å². The van der Waals surface area contributed by atoms with Gasteiger partial charge in [0.25, 0.3) is 0 Å². The molecule has 7 heteroatoms. The molecule has 0 atom stereocenters. The van der Waals surface area contributed by atoms with Gasteiger partial charge in [-0.2, -0.15) is 4.98 Å². The van der Waals surface area contributed by atoms with Crippen molar-refractivity contribution in [3.63, 3.8) is 0 Å². The molecule has 1 aromatic heterocycles. The first-order valence-electron chi connectivity index (χ1n) is 7.48. The average molecular weight is 315 g/mol. The molecule has 3 rings (SSSR count). The number of rotatable bonds is 3. The summed E-state index contributed by atoms with van der Waals surface area (Å²) in [6.45, 7) is 4.25. The SMILES string of the molecule is CC(=O)N1CCN(c2nccc(Nc3ccccc3F)n2)CC1. The van der Waals surface area contributed by atoms with Gasteiger partial charge in [-0.25, -0.2) is 9.37 Å². The summed E-state index contributed by atoms with van der Waals surface area (Å²) in [7, 11) is 0. The van der Waals surface area contributed by atoms with E-state index in [0.717, 1.165) is 0 Å². The molecule has 1 aliphatic rings. The van der Waals surface area contributed by atoms with Crippen molar-refractivity contribution < 1.29 is 9.18 Å². The minimum Gasteiger partial charge on any atom is -0.339 e. The second-order valence-electron chi connectivity index (χ2n) is 5.34. The molecule has 1 aromatic carbocycles. The number of nitrogens with one attached hydrogen (secondary N) is 1. The van der Waals surface area contributed by atoms with Gasteiger partial charge in [0.15, 0.2) is 0 Å². The van der Waals surface area contributed by atoms with Crippen LogP contribution >= 0.6 is 0 Å². The maximum atomic E-state index is 13.7. The smallest absolute Gasteiger partial charge is 0.227 e. The third kappa shape index (κ3) is 3.56. The Labute approximate surface area is 134 Å². The molecule has 0 saturated carbocycles. The highest BCUT2D eigenvalue weighted by Crippen LogP contribution is 2.19. The molecule has 1 amide bonds. The van der Waals surface area contributed by atoms with Crippen LogP contribution in [0.5, 0.6) is 0 Å². The standard InChI is InChI=1S/C16H18FN5O/c1-12(23)21-8-10-22(11-9-21)16-18-7-6-15(20-16)19-14-5-3-2-4-13(14)17/h2-7H,8-11H2,1H3,(H,18,19,20).